The predicted octanol–water partition coefficient (Wildman–Crippen LogP) is 3.76. The third kappa shape index (κ3) is 2.82. The molecule has 0 bridgehead atoms. The first-order valence-electron chi connectivity index (χ1n) is 8.50. The smallest absolute Gasteiger partial charge is 0.223 e. The number of carbonyl (C=O) groups excluding carboxylic acids is 1. The van der Waals surface area contributed by atoms with Crippen molar-refractivity contribution < 1.29 is 9.21 Å². The number of rotatable bonds is 4. The second-order valence-electron chi connectivity index (χ2n) is 6.40. The van der Waals surface area contributed by atoms with E-state index in [9.17, 15) is 4.79 Å². The van der Waals surface area contributed by atoms with Gasteiger partial charge in [0.05, 0.1) is 17.1 Å². The highest BCUT2D eigenvalue weighted by atomic mass is 16.3. The van der Waals surface area contributed by atoms with Gasteiger partial charge in [0.2, 0.25) is 5.91 Å². The largest absolute Gasteiger partial charge is 0.466 e. The van der Waals surface area contributed by atoms with Gasteiger partial charge in [-0.15, -0.1) is 0 Å². The van der Waals surface area contributed by atoms with Crippen LogP contribution in [-0.4, -0.2) is 27.3 Å². The number of para-hydroxylation sites is 2. The van der Waals surface area contributed by atoms with Crippen molar-refractivity contribution in [3.05, 3.63) is 53.7 Å². The minimum Gasteiger partial charge on any atom is -0.466 e. The molecule has 5 nitrogen and oxygen atoms in total. The maximum absolute atomic E-state index is 12.7. The lowest BCUT2D eigenvalue weighted by Crippen LogP contribution is -2.31. The summed E-state index contributed by atoms with van der Waals surface area (Å²) in [6.45, 7) is 2.72. The highest BCUT2D eigenvalue weighted by molar-refractivity contribution is 5.78. The van der Waals surface area contributed by atoms with Crippen molar-refractivity contribution in [2.24, 2.45) is 0 Å². The summed E-state index contributed by atoms with van der Waals surface area (Å²) < 4.78 is 5.56. The molecule has 5 heteroatoms. The highest BCUT2D eigenvalue weighted by Gasteiger charge is 2.31. The van der Waals surface area contributed by atoms with Crippen LogP contribution in [0.4, 0.5) is 0 Å². The first-order valence-corrected chi connectivity index (χ1v) is 8.50. The van der Waals surface area contributed by atoms with Crippen LogP contribution < -0.4 is 0 Å². The average Bonchev–Trinajstić information content (AvgIpc) is 3.30. The van der Waals surface area contributed by atoms with Gasteiger partial charge in [0.1, 0.15) is 17.3 Å². The van der Waals surface area contributed by atoms with E-state index in [1.165, 1.54) is 0 Å². The Morgan fingerprint density at radius 1 is 1.33 bits per heavy atom. The van der Waals surface area contributed by atoms with E-state index in [1.807, 2.05) is 48.2 Å². The number of amides is 1. The van der Waals surface area contributed by atoms with Gasteiger partial charge in [-0.2, -0.15) is 0 Å². The predicted molar refractivity (Wildman–Crippen MR) is 91.5 cm³/mol. The average molecular weight is 323 g/mol. The number of aromatic amines is 1. The van der Waals surface area contributed by atoms with Crippen molar-refractivity contribution >= 4 is 16.9 Å². The number of H-pyrrole nitrogens is 1. The van der Waals surface area contributed by atoms with E-state index in [2.05, 4.69) is 9.97 Å². The van der Waals surface area contributed by atoms with Crippen LogP contribution in [0.3, 0.4) is 0 Å². The number of aryl methyl sites for hydroxylation is 2. The number of imidazole rings is 1. The SMILES string of the molecule is Cc1ccc(CCC(=O)N2CCCC2c2nc3ccccc3[nH]2)o1. The van der Waals surface area contributed by atoms with Crippen molar-refractivity contribution in [3.63, 3.8) is 0 Å². The van der Waals surface area contributed by atoms with E-state index in [1.54, 1.807) is 0 Å². The lowest BCUT2D eigenvalue weighted by molar-refractivity contribution is -0.132. The summed E-state index contributed by atoms with van der Waals surface area (Å²) in [7, 11) is 0. The fourth-order valence-electron chi connectivity index (χ4n) is 3.47. The standard InChI is InChI=1S/C19H21N3O2/c1-13-8-9-14(24-13)10-11-18(23)22-12-4-7-17(22)19-20-15-5-2-3-6-16(15)21-19/h2-3,5-6,8-9,17H,4,7,10-12H2,1H3,(H,20,21). The lowest BCUT2D eigenvalue weighted by Gasteiger charge is -2.23. The van der Waals surface area contributed by atoms with Gasteiger partial charge in [-0.05, 0) is 44.0 Å². The van der Waals surface area contributed by atoms with Gasteiger partial charge in [0.15, 0.2) is 0 Å². The molecule has 1 N–H and O–H groups in total. The zero-order chi connectivity index (χ0) is 16.5. The van der Waals surface area contributed by atoms with Crippen LogP contribution >= 0.6 is 0 Å². The van der Waals surface area contributed by atoms with Crippen LogP contribution in [0, 0.1) is 6.92 Å². The molecule has 0 aliphatic carbocycles. The molecule has 1 fully saturated rings. The molecule has 4 rings (SSSR count). The normalized spacial score (nSPS) is 17.7. The minimum absolute atomic E-state index is 0.0586. The molecule has 24 heavy (non-hydrogen) atoms. The van der Waals surface area contributed by atoms with E-state index in [0.29, 0.717) is 12.8 Å². The molecule has 1 saturated heterocycles. The van der Waals surface area contributed by atoms with Crippen molar-refractivity contribution in [2.45, 2.75) is 38.6 Å². The number of hydrogen-bond donors (Lipinski definition) is 1. The van der Waals surface area contributed by atoms with Crippen molar-refractivity contribution in [2.75, 3.05) is 6.54 Å². The second-order valence-corrected chi connectivity index (χ2v) is 6.40. The van der Waals surface area contributed by atoms with Gasteiger partial charge in [-0.25, -0.2) is 4.98 Å². The zero-order valence-corrected chi connectivity index (χ0v) is 13.8. The topological polar surface area (TPSA) is 62.1 Å². The molecule has 1 aliphatic rings. The summed E-state index contributed by atoms with van der Waals surface area (Å²) in [5, 5.41) is 0. The van der Waals surface area contributed by atoms with Crippen LogP contribution in [0.25, 0.3) is 11.0 Å². The van der Waals surface area contributed by atoms with Gasteiger partial charge < -0.3 is 14.3 Å². The minimum atomic E-state index is 0.0586. The van der Waals surface area contributed by atoms with Crippen molar-refractivity contribution in [3.8, 4) is 0 Å². The number of benzene rings is 1. The Hall–Kier alpha value is -2.56. The first kappa shape index (κ1) is 15.0. The van der Waals surface area contributed by atoms with Gasteiger partial charge in [0.25, 0.3) is 0 Å². The zero-order valence-electron chi connectivity index (χ0n) is 13.8. The molecule has 1 aromatic carbocycles. The summed E-state index contributed by atoms with van der Waals surface area (Å²) in [4.78, 5) is 22.7. The second kappa shape index (κ2) is 6.15. The monoisotopic (exact) mass is 323 g/mol. The van der Waals surface area contributed by atoms with E-state index in [4.69, 9.17) is 4.42 Å². The van der Waals surface area contributed by atoms with Crippen LogP contribution in [-0.2, 0) is 11.2 Å². The Morgan fingerprint density at radius 2 is 2.21 bits per heavy atom. The van der Waals surface area contributed by atoms with Crippen molar-refractivity contribution in [1.82, 2.24) is 14.9 Å². The Kier molecular flexibility index (Phi) is 3.84. The molecular weight excluding hydrogens is 302 g/mol. The van der Waals surface area contributed by atoms with Crippen LogP contribution in [0.15, 0.2) is 40.8 Å². The van der Waals surface area contributed by atoms with Crippen LogP contribution in [0.2, 0.25) is 0 Å². The number of furan rings is 1. The first-order chi connectivity index (χ1) is 11.7. The molecule has 1 atom stereocenters. The van der Waals surface area contributed by atoms with Crippen LogP contribution in [0.1, 0.15) is 42.6 Å². The van der Waals surface area contributed by atoms with Crippen LogP contribution in [0.5, 0.6) is 0 Å². The number of carbonyl (C=O) groups is 1. The number of hydrogen-bond acceptors (Lipinski definition) is 3. The molecule has 0 spiro atoms. The molecule has 1 unspecified atom stereocenters. The number of nitrogens with one attached hydrogen (secondary N) is 1. The van der Waals surface area contributed by atoms with Crippen molar-refractivity contribution in [1.29, 1.82) is 0 Å². The van der Waals surface area contributed by atoms with E-state index in [0.717, 1.165) is 47.8 Å². The molecule has 1 amide bonds. The summed E-state index contributed by atoms with van der Waals surface area (Å²) in [6.07, 6.45) is 3.11. The molecule has 1 aliphatic heterocycles. The fourth-order valence-corrected chi connectivity index (χ4v) is 3.47. The molecule has 124 valence electrons. The van der Waals surface area contributed by atoms with E-state index >= 15 is 0 Å². The number of fused-ring (bicyclic) bond motifs is 1. The molecular formula is C19H21N3O2. The highest BCUT2D eigenvalue weighted by Crippen LogP contribution is 2.32. The molecule has 2 aromatic heterocycles. The number of likely N-dealkylation sites (tertiary alicyclic amines) is 1. The van der Waals surface area contributed by atoms with E-state index in [-0.39, 0.29) is 11.9 Å². The Labute approximate surface area is 140 Å². The molecule has 3 heterocycles. The van der Waals surface area contributed by atoms with Gasteiger partial charge in [-0.1, -0.05) is 12.1 Å². The molecule has 0 radical (unpaired) electrons. The van der Waals surface area contributed by atoms with Gasteiger partial charge in [-0.3, -0.25) is 4.79 Å². The van der Waals surface area contributed by atoms with E-state index < -0.39 is 0 Å². The Morgan fingerprint density at radius 3 is 3.00 bits per heavy atom. The van der Waals surface area contributed by atoms with Gasteiger partial charge >= 0.3 is 0 Å². The Balaban J connectivity index is 1.48. The summed E-state index contributed by atoms with van der Waals surface area (Å²) in [6, 6.07) is 11.9. The fraction of sp³-hybridized carbons (Fsp3) is 0.368. The summed E-state index contributed by atoms with van der Waals surface area (Å²) in [5.74, 6) is 2.84. The number of nitrogens with zero attached hydrogens (tertiary/aromatic N) is 2. The quantitative estimate of drug-likeness (QED) is 0.795. The third-order valence-corrected chi connectivity index (χ3v) is 4.68. The maximum atomic E-state index is 12.7. The maximum Gasteiger partial charge on any atom is 0.223 e. The van der Waals surface area contributed by atoms with Gasteiger partial charge in [0, 0.05) is 19.4 Å². The summed E-state index contributed by atoms with van der Waals surface area (Å²) >= 11 is 0. The molecule has 3 aromatic rings. The Bertz CT molecular complexity index is 831. The molecule has 0 saturated carbocycles. The lowest BCUT2D eigenvalue weighted by atomic mass is 10.2. The third-order valence-electron chi connectivity index (χ3n) is 4.68. The number of aromatic nitrogens is 2. The summed E-state index contributed by atoms with van der Waals surface area (Å²) in [5.41, 5.74) is 1.98.